The Kier molecular flexibility index (Phi) is 3.08. The van der Waals surface area contributed by atoms with Crippen LogP contribution < -0.4 is 5.73 Å². The van der Waals surface area contributed by atoms with Gasteiger partial charge in [0.05, 0.1) is 6.20 Å². The van der Waals surface area contributed by atoms with Gasteiger partial charge in [0.15, 0.2) is 5.82 Å². The lowest BCUT2D eigenvalue weighted by atomic mass is 10.1. The van der Waals surface area contributed by atoms with Gasteiger partial charge in [-0.25, -0.2) is 9.67 Å². The summed E-state index contributed by atoms with van der Waals surface area (Å²) in [5.74, 6) is 0.791. The molecule has 0 spiro atoms. The van der Waals surface area contributed by atoms with Gasteiger partial charge in [0.2, 0.25) is 0 Å². The molecule has 4 heteroatoms. The van der Waals surface area contributed by atoms with E-state index >= 15 is 0 Å². The van der Waals surface area contributed by atoms with Crippen LogP contribution in [0.3, 0.4) is 0 Å². The molecule has 0 bridgehead atoms. The number of hydrogen-bond acceptors (Lipinski definition) is 3. The Balaban J connectivity index is 1.92. The number of rotatable bonds is 3. The van der Waals surface area contributed by atoms with Gasteiger partial charge in [0.25, 0.3) is 0 Å². The second-order valence-corrected chi connectivity index (χ2v) is 4.27. The van der Waals surface area contributed by atoms with Gasteiger partial charge in [0.1, 0.15) is 0 Å². The van der Waals surface area contributed by atoms with E-state index in [1.54, 1.807) is 10.9 Å². The van der Waals surface area contributed by atoms with Crippen LogP contribution in [-0.2, 0) is 6.54 Å². The topological polar surface area (TPSA) is 56.7 Å². The second kappa shape index (κ2) is 5.04. The summed E-state index contributed by atoms with van der Waals surface area (Å²) in [6.45, 7) is 0.502. The van der Waals surface area contributed by atoms with Crippen LogP contribution in [0.25, 0.3) is 16.9 Å². The summed E-state index contributed by atoms with van der Waals surface area (Å²) in [6.07, 6.45) is 5.59. The Hall–Kier alpha value is -2.46. The molecule has 0 aliphatic carbocycles. The number of benzene rings is 1. The third-order valence-corrected chi connectivity index (χ3v) is 2.97. The first-order chi connectivity index (χ1) is 9.36. The summed E-state index contributed by atoms with van der Waals surface area (Å²) in [4.78, 5) is 4.35. The Labute approximate surface area is 111 Å². The van der Waals surface area contributed by atoms with E-state index < -0.39 is 0 Å². The molecule has 3 aromatic rings. The molecule has 0 saturated heterocycles. The van der Waals surface area contributed by atoms with Crippen molar-refractivity contribution in [3.8, 4) is 16.9 Å². The van der Waals surface area contributed by atoms with Crippen LogP contribution in [0, 0.1) is 0 Å². The van der Waals surface area contributed by atoms with Crippen molar-refractivity contribution < 1.29 is 0 Å². The fourth-order valence-corrected chi connectivity index (χ4v) is 1.90. The number of nitrogens with two attached hydrogens (primary N) is 1. The molecule has 0 aliphatic rings. The van der Waals surface area contributed by atoms with E-state index in [9.17, 15) is 0 Å². The summed E-state index contributed by atoms with van der Waals surface area (Å²) < 4.78 is 1.77. The predicted molar refractivity (Wildman–Crippen MR) is 74.7 cm³/mol. The highest BCUT2D eigenvalue weighted by molar-refractivity contribution is 5.61. The van der Waals surface area contributed by atoms with E-state index in [1.807, 2.05) is 42.7 Å². The molecule has 0 unspecified atom stereocenters. The van der Waals surface area contributed by atoms with Crippen LogP contribution in [0.4, 0.5) is 0 Å². The van der Waals surface area contributed by atoms with Gasteiger partial charge in [-0.2, -0.15) is 5.10 Å². The summed E-state index contributed by atoms with van der Waals surface area (Å²) in [5.41, 5.74) is 8.79. The maximum Gasteiger partial charge on any atom is 0.153 e. The molecule has 0 radical (unpaired) electrons. The van der Waals surface area contributed by atoms with Crippen molar-refractivity contribution in [2.24, 2.45) is 5.73 Å². The minimum Gasteiger partial charge on any atom is -0.326 e. The van der Waals surface area contributed by atoms with E-state index in [1.165, 1.54) is 0 Å². The molecule has 2 aromatic heterocycles. The lowest BCUT2D eigenvalue weighted by Crippen LogP contribution is -2.01. The Morgan fingerprint density at radius 2 is 1.79 bits per heavy atom. The van der Waals surface area contributed by atoms with Crippen molar-refractivity contribution in [1.82, 2.24) is 14.8 Å². The maximum atomic E-state index is 5.56. The van der Waals surface area contributed by atoms with Gasteiger partial charge < -0.3 is 5.73 Å². The molecule has 0 amide bonds. The third kappa shape index (κ3) is 2.39. The fourth-order valence-electron chi connectivity index (χ4n) is 1.90. The fraction of sp³-hybridized carbons (Fsp3) is 0.0667. The quantitative estimate of drug-likeness (QED) is 0.776. The zero-order valence-corrected chi connectivity index (χ0v) is 10.4. The van der Waals surface area contributed by atoms with Gasteiger partial charge in [0, 0.05) is 24.5 Å². The molecule has 3 rings (SSSR count). The van der Waals surface area contributed by atoms with E-state index in [4.69, 9.17) is 5.73 Å². The van der Waals surface area contributed by atoms with Crippen LogP contribution >= 0.6 is 0 Å². The molecule has 0 atom stereocenters. The van der Waals surface area contributed by atoms with Gasteiger partial charge in [-0.3, -0.25) is 0 Å². The number of aromatic nitrogens is 3. The molecular weight excluding hydrogens is 236 g/mol. The van der Waals surface area contributed by atoms with E-state index in [-0.39, 0.29) is 0 Å². The van der Waals surface area contributed by atoms with Gasteiger partial charge in [-0.05, 0) is 17.2 Å². The van der Waals surface area contributed by atoms with Crippen molar-refractivity contribution >= 4 is 0 Å². The summed E-state index contributed by atoms with van der Waals surface area (Å²) in [7, 11) is 0. The normalized spacial score (nSPS) is 10.6. The highest BCUT2D eigenvalue weighted by Crippen LogP contribution is 2.18. The zero-order valence-electron chi connectivity index (χ0n) is 10.4. The summed E-state index contributed by atoms with van der Waals surface area (Å²) in [6, 6.07) is 14.0. The molecule has 2 heterocycles. The minimum atomic E-state index is 0.502. The van der Waals surface area contributed by atoms with E-state index in [0.29, 0.717) is 6.54 Å². The van der Waals surface area contributed by atoms with Crippen LogP contribution in [0.5, 0.6) is 0 Å². The average Bonchev–Trinajstić information content (AvgIpc) is 2.98. The highest BCUT2D eigenvalue weighted by Gasteiger charge is 2.03. The smallest absolute Gasteiger partial charge is 0.153 e. The third-order valence-electron chi connectivity index (χ3n) is 2.97. The Bertz CT molecular complexity index is 656. The molecule has 0 aliphatic heterocycles. The van der Waals surface area contributed by atoms with Crippen LogP contribution in [0.1, 0.15) is 5.56 Å². The molecular formula is C15H14N4. The van der Waals surface area contributed by atoms with Gasteiger partial charge in [-0.1, -0.05) is 36.4 Å². The maximum absolute atomic E-state index is 5.56. The minimum absolute atomic E-state index is 0.502. The standard InChI is InChI=1S/C15H14N4/c16-8-12-6-7-15(17-9-12)19-11-14(10-18-19)13-4-2-1-3-5-13/h1-7,9-11H,8,16H2. The summed E-state index contributed by atoms with van der Waals surface area (Å²) >= 11 is 0. The first-order valence-corrected chi connectivity index (χ1v) is 6.12. The Morgan fingerprint density at radius 1 is 0.947 bits per heavy atom. The Morgan fingerprint density at radius 3 is 2.47 bits per heavy atom. The number of pyridine rings is 1. The monoisotopic (exact) mass is 250 g/mol. The summed E-state index contributed by atoms with van der Waals surface area (Å²) in [5, 5.41) is 4.34. The predicted octanol–water partition coefficient (Wildman–Crippen LogP) is 2.39. The largest absolute Gasteiger partial charge is 0.326 e. The molecule has 2 N–H and O–H groups in total. The van der Waals surface area contributed by atoms with Crippen LogP contribution in [0.2, 0.25) is 0 Å². The lowest BCUT2D eigenvalue weighted by Gasteiger charge is -2.01. The van der Waals surface area contributed by atoms with Crippen LogP contribution in [-0.4, -0.2) is 14.8 Å². The van der Waals surface area contributed by atoms with Crippen molar-refractivity contribution in [3.63, 3.8) is 0 Å². The molecule has 1 aromatic carbocycles. The molecule has 4 nitrogen and oxygen atoms in total. The number of nitrogens with zero attached hydrogens (tertiary/aromatic N) is 3. The van der Waals surface area contributed by atoms with Crippen molar-refractivity contribution in [2.75, 3.05) is 0 Å². The van der Waals surface area contributed by atoms with E-state index in [0.717, 1.165) is 22.5 Å². The van der Waals surface area contributed by atoms with Crippen molar-refractivity contribution in [2.45, 2.75) is 6.54 Å². The first kappa shape index (κ1) is 11.6. The van der Waals surface area contributed by atoms with Gasteiger partial charge >= 0.3 is 0 Å². The average molecular weight is 250 g/mol. The highest BCUT2D eigenvalue weighted by atomic mass is 15.3. The molecule has 0 fully saturated rings. The van der Waals surface area contributed by atoms with Gasteiger partial charge in [-0.15, -0.1) is 0 Å². The molecule has 0 saturated carbocycles. The number of hydrogen-bond donors (Lipinski definition) is 1. The zero-order chi connectivity index (χ0) is 13.1. The van der Waals surface area contributed by atoms with Crippen molar-refractivity contribution in [1.29, 1.82) is 0 Å². The van der Waals surface area contributed by atoms with E-state index in [2.05, 4.69) is 22.2 Å². The molecule has 19 heavy (non-hydrogen) atoms. The molecule has 94 valence electrons. The second-order valence-electron chi connectivity index (χ2n) is 4.27. The first-order valence-electron chi connectivity index (χ1n) is 6.12. The van der Waals surface area contributed by atoms with Crippen molar-refractivity contribution in [3.05, 3.63) is 66.6 Å². The van der Waals surface area contributed by atoms with Crippen LogP contribution in [0.15, 0.2) is 61.1 Å². The SMILES string of the molecule is NCc1ccc(-n2cc(-c3ccccc3)cn2)nc1. The lowest BCUT2D eigenvalue weighted by molar-refractivity contribution is 0.842.